The van der Waals surface area contributed by atoms with E-state index >= 15 is 0 Å². The van der Waals surface area contributed by atoms with Crippen molar-refractivity contribution in [2.75, 3.05) is 7.11 Å². The summed E-state index contributed by atoms with van der Waals surface area (Å²) in [5.41, 5.74) is 0. The molecule has 0 amide bonds. The van der Waals surface area contributed by atoms with Gasteiger partial charge in [0.1, 0.15) is 0 Å². The van der Waals surface area contributed by atoms with Gasteiger partial charge in [0.15, 0.2) is 0 Å². The topological polar surface area (TPSA) is 63.6 Å². The van der Waals surface area contributed by atoms with E-state index in [1.165, 1.54) is 7.11 Å². The summed E-state index contributed by atoms with van der Waals surface area (Å²) in [4.78, 5) is 22.3. The number of carboxylic acid groups (broad SMARTS) is 1. The van der Waals surface area contributed by atoms with Crippen LogP contribution < -0.4 is 0 Å². The van der Waals surface area contributed by atoms with Gasteiger partial charge in [0.25, 0.3) is 0 Å². The Morgan fingerprint density at radius 2 is 1.71 bits per heavy atom. The van der Waals surface area contributed by atoms with E-state index in [2.05, 4.69) is 4.74 Å². The first kappa shape index (κ1) is 9.49. The molecule has 2 aliphatic rings. The maximum Gasteiger partial charge on any atom is 0.309 e. The van der Waals surface area contributed by atoms with E-state index in [9.17, 15) is 9.59 Å². The minimum Gasteiger partial charge on any atom is -0.481 e. The zero-order valence-corrected chi connectivity index (χ0v) is 8.10. The fourth-order valence-electron chi connectivity index (χ4n) is 2.55. The second-order valence-electron chi connectivity index (χ2n) is 4.30. The van der Waals surface area contributed by atoms with Gasteiger partial charge in [-0.05, 0) is 31.1 Å². The fraction of sp³-hybridized carbons (Fsp3) is 0.800. The highest BCUT2D eigenvalue weighted by molar-refractivity contribution is 5.81. The van der Waals surface area contributed by atoms with Crippen molar-refractivity contribution in [2.45, 2.75) is 19.3 Å². The lowest BCUT2D eigenvalue weighted by atomic mass is 9.79. The summed E-state index contributed by atoms with van der Waals surface area (Å²) in [5, 5.41) is 8.98. The maximum atomic E-state index is 11.4. The standard InChI is InChI=1S/C10H14O4/c1-14-10(13)8-4-6-2-5(6)3-7(8)9(11)12/h5-8H,2-4H2,1H3,(H,11,12)/t5-,6-,7+,8-/m1/s1. The highest BCUT2D eigenvalue weighted by Gasteiger charge is 2.51. The van der Waals surface area contributed by atoms with Crippen LogP contribution in [-0.2, 0) is 14.3 Å². The molecule has 0 spiro atoms. The molecule has 78 valence electrons. The summed E-state index contributed by atoms with van der Waals surface area (Å²) in [6.45, 7) is 0. The SMILES string of the molecule is COC(=O)[C@@H]1C[C@H]2C[C@@H]2C[C@@H]1C(=O)O. The molecule has 2 rings (SSSR count). The van der Waals surface area contributed by atoms with E-state index < -0.39 is 17.8 Å². The third-order valence-corrected chi connectivity index (χ3v) is 3.49. The van der Waals surface area contributed by atoms with Gasteiger partial charge in [-0.25, -0.2) is 0 Å². The zero-order valence-electron chi connectivity index (χ0n) is 8.10. The smallest absolute Gasteiger partial charge is 0.309 e. The molecule has 2 saturated carbocycles. The molecule has 4 heteroatoms. The van der Waals surface area contributed by atoms with Crippen molar-refractivity contribution in [1.82, 2.24) is 0 Å². The molecular formula is C10H14O4. The molecule has 4 nitrogen and oxygen atoms in total. The number of fused-ring (bicyclic) bond motifs is 1. The van der Waals surface area contributed by atoms with Crippen LogP contribution >= 0.6 is 0 Å². The van der Waals surface area contributed by atoms with Crippen LogP contribution in [0.1, 0.15) is 19.3 Å². The maximum absolute atomic E-state index is 11.4. The number of methoxy groups -OCH3 is 1. The summed E-state index contributed by atoms with van der Waals surface area (Å²) in [7, 11) is 1.32. The van der Waals surface area contributed by atoms with Gasteiger partial charge in [0.05, 0.1) is 18.9 Å². The minimum absolute atomic E-state index is 0.359. The quantitative estimate of drug-likeness (QED) is 0.670. The Morgan fingerprint density at radius 3 is 2.21 bits per heavy atom. The summed E-state index contributed by atoms with van der Waals surface area (Å²) in [5.74, 6) is -1.02. The third kappa shape index (κ3) is 1.49. The Hall–Kier alpha value is -1.06. The normalized spacial score (nSPS) is 39.8. The van der Waals surface area contributed by atoms with Gasteiger partial charge < -0.3 is 9.84 Å². The summed E-state index contributed by atoms with van der Waals surface area (Å²) >= 11 is 0. The molecule has 0 heterocycles. The Morgan fingerprint density at radius 1 is 1.14 bits per heavy atom. The molecule has 2 aliphatic carbocycles. The van der Waals surface area contributed by atoms with Crippen molar-refractivity contribution < 1.29 is 19.4 Å². The summed E-state index contributed by atoms with van der Waals surface area (Å²) in [6, 6.07) is 0. The van der Waals surface area contributed by atoms with Crippen LogP contribution in [0.25, 0.3) is 0 Å². The second kappa shape index (κ2) is 3.26. The lowest BCUT2D eigenvalue weighted by Gasteiger charge is -2.25. The van der Waals surface area contributed by atoms with Gasteiger partial charge in [-0.15, -0.1) is 0 Å². The van der Waals surface area contributed by atoms with Crippen molar-refractivity contribution in [2.24, 2.45) is 23.7 Å². The van der Waals surface area contributed by atoms with Crippen LogP contribution in [0.3, 0.4) is 0 Å². The van der Waals surface area contributed by atoms with Crippen LogP contribution in [-0.4, -0.2) is 24.2 Å². The first-order valence-corrected chi connectivity index (χ1v) is 4.94. The van der Waals surface area contributed by atoms with Gasteiger partial charge in [-0.3, -0.25) is 9.59 Å². The van der Waals surface area contributed by atoms with E-state index in [1.54, 1.807) is 0 Å². The molecule has 4 atom stereocenters. The monoisotopic (exact) mass is 198 g/mol. The molecule has 0 aromatic rings. The van der Waals surface area contributed by atoms with Gasteiger partial charge >= 0.3 is 11.9 Å². The molecule has 0 aromatic carbocycles. The largest absolute Gasteiger partial charge is 0.481 e. The van der Waals surface area contributed by atoms with Crippen LogP contribution in [0.4, 0.5) is 0 Å². The molecule has 0 radical (unpaired) electrons. The highest BCUT2D eigenvalue weighted by atomic mass is 16.5. The first-order valence-electron chi connectivity index (χ1n) is 4.94. The molecule has 0 bridgehead atoms. The lowest BCUT2D eigenvalue weighted by molar-refractivity contribution is -0.157. The fourth-order valence-corrected chi connectivity index (χ4v) is 2.55. The van der Waals surface area contributed by atoms with Gasteiger partial charge in [-0.2, -0.15) is 0 Å². The first-order chi connectivity index (χ1) is 6.63. The van der Waals surface area contributed by atoms with E-state index in [0.29, 0.717) is 24.7 Å². The number of carbonyl (C=O) groups excluding carboxylic acids is 1. The van der Waals surface area contributed by atoms with Crippen LogP contribution in [0.5, 0.6) is 0 Å². The van der Waals surface area contributed by atoms with Crippen LogP contribution in [0.15, 0.2) is 0 Å². The molecular weight excluding hydrogens is 184 g/mol. The van der Waals surface area contributed by atoms with Crippen molar-refractivity contribution in [3.63, 3.8) is 0 Å². The van der Waals surface area contributed by atoms with E-state index in [0.717, 1.165) is 6.42 Å². The number of rotatable bonds is 2. The van der Waals surface area contributed by atoms with E-state index in [4.69, 9.17) is 5.11 Å². The lowest BCUT2D eigenvalue weighted by Crippen LogP contribution is -2.34. The number of ether oxygens (including phenoxy) is 1. The number of hydrogen-bond donors (Lipinski definition) is 1. The summed E-state index contributed by atoms with van der Waals surface area (Å²) < 4.78 is 4.63. The number of aliphatic carboxylic acids is 1. The average molecular weight is 198 g/mol. The van der Waals surface area contributed by atoms with Gasteiger partial charge in [0.2, 0.25) is 0 Å². The Labute approximate surface area is 82.2 Å². The Kier molecular flexibility index (Phi) is 2.21. The summed E-state index contributed by atoms with van der Waals surface area (Å²) in [6.07, 6.45) is 2.45. The molecule has 14 heavy (non-hydrogen) atoms. The van der Waals surface area contributed by atoms with Crippen molar-refractivity contribution in [3.8, 4) is 0 Å². The molecule has 0 aliphatic heterocycles. The Balaban J connectivity index is 2.10. The van der Waals surface area contributed by atoms with Crippen molar-refractivity contribution in [1.29, 1.82) is 0 Å². The predicted octanol–water partition coefficient (Wildman–Crippen LogP) is 0.906. The van der Waals surface area contributed by atoms with E-state index in [1.807, 2.05) is 0 Å². The third-order valence-electron chi connectivity index (χ3n) is 3.49. The highest BCUT2D eigenvalue weighted by Crippen LogP contribution is 2.53. The molecule has 2 fully saturated rings. The molecule has 1 N–H and O–H groups in total. The average Bonchev–Trinajstić information content (AvgIpc) is 2.92. The predicted molar refractivity (Wildman–Crippen MR) is 47.5 cm³/mol. The number of hydrogen-bond acceptors (Lipinski definition) is 3. The van der Waals surface area contributed by atoms with Crippen molar-refractivity contribution in [3.05, 3.63) is 0 Å². The zero-order chi connectivity index (χ0) is 10.3. The van der Waals surface area contributed by atoms with Gasteiger partial charge in [-0.1, -0.05) is 0 Å². The molecule has 0 saturated heterocycles. The molecule has 0 aromatic heterocycles. The number of carboxylic acids is 1. The van der Waals surface area contributed by atoms with Gasteiger partial charge in [0, 0.05) is 0 Å². The minimum atomic E-state index is -0.856. The second-order valence-corrected chi connectivity index (χ2v) is 4.30. The number of carbonyl (C=O) groups is 2. The van der Waals surface area contributed by atoms with Crippen LogP contribution in [0.2, 0.25) is 0 Å². The Bertz CT molecular complexity index is 273. The van der Waals surface area contributed by atoms with Crippen LogP contribution in [0, 0.1) is 23.7 Å². The van der Waals surface area contributed by atoms with Crippen molar-refractivity contribution >= 4 is 11.9 Å². The molecule has 0 unspecified atom stereocenters. The van der Waals surface area contributed by atoms with E-state index in [-0.39, 0.29) is 5.97 Å². The number of esters is 1.